The van der Waals surface area contributed by atoms with Crippen LogP contribution >= 0.6 is 24.0 Å². The molecule has 1 aromatic carbocycles. The van der Waals surface area contributed by atoms with Crippen molar-refractivity contribution in [3.8, 4) is 0 Å². The molecule has 2 nitrogen and oxygen atoms in total. The second-order valence-electron chi connectivity index (χ2n) is 3.02. The van der Waals surface area contributed by atoms with Crippen molar-refractivity contribution >= 4 is 24.0 Å². The zero-order valence-electron chi connectivity index (χ0n) is 7.88. The lowest BCUT2D eigenvalue weighted by atomic mass is 10.0. The van der Waals surface area contributed by atoms with Crippen LogP contribution in [-0.4, -0.2) is 11.2 Å². The van der Waals surface area contributed by atoms with Gasteiger partial charge in [-0.05, 0) is 19.1 Å². The van der Waals surface area contributed by atoms with Gasteiger partial charge in [0.25, 0.3) is 0 Å². The standard InChI is InChI=1S/C9H10ClF2NO.ClH/c1-4(14)9(13)7-6(11)3-2-5(10)8(7)12;/h2-4,9,14H,13H2,1H3;1H/t4-,9-;/m1./s1. The molecule has 3 N–H and O–H groups in total. The van der Waals surface area contributed by atoms with E-state index >= 15 is 0 Å². The Bertz CT molecular complexity index is 347. The van der Waals surface area contributed by atoms with Crippen molar-refractivity contribution in [1.82, 2.24) is 0 Å². The van der Waals surface area contributed by atoms with Gasteiger partial charge < -0.3 is 10.8 Å². The van der Waals surface area contributed by atoms with Gasteiger partial charge in [-0.2, -0.15) is 0 Å². The van der Waals surface area contributed by atoms with E-state index < -0.39 is 23.8 Å². The highest BCUT2D eigenvalue weighted by Crippen LogP contribution is 2.26. The van der Waals surface area contributed by atoms with Gasteiger partial charge in [0.2, 0.25) is 0 Å². The lowest BCUT2D eigenvalue weighted by Gasteiger charge is -2.16. The normalized spacial score (nSPS) is 14.3. The molecule has 0 radical (unpaired) electrons. The van der Waals surface area contributed by atoms with Crippen LogP contribution < -0.4 is 5.73 Å². The molecule has 0 saturated carbocycles. The van der Waals surface area contributed by atoms with E-state index in [0.29, 0.717) is 0 Å². The molecular weight excluding hydrogens is 247 g/mol. The minimum atomic E-state index is -1.12. The highest BCUT2D eigenvalue weighted by Gasteiger charge is 2.22. The van der Waals surface area contributed by atoms with E-state index in [1.807, 2.05) is 0 Å². The Balaban J connectivity index is 0.00000196. The van der Waals surface area contributed by atoms with Gasteiger partial charge in [-0.1, -0.05) is 11.6 Å². The number of aliphatic hydroxyl groups is 1. The predicted molar refractivity (Wildman–Crippen MR) is 57.2 cm³/mol. The van der Waals surface area contributed by atoms with Crippen molar-refractivity contribution in [2.24, 2.45) is 5.73 Å². The van der Waals surface area contributed by atoms with Crippen LogP contribution in [0.2, 0.25) is 5.02 Å². The summed E-state index contributed by atoms with van der Waals surface area (Å²) in [5.41, 5.74) is 5.04. The molecule has 0 fully saturated rings. The highest BCUT2D eigenvalue weighted by atomic mass is 35.5. The van der Waals surface area contributed by atoms with E-state index in [0.717, 1.165) is 12.1 Å². The number of hydrogen-bond acceptors (Lipinski definition) is 2. The number of halogens is 4. The van der Waals surface area contributed by atoms with Gasteiger partial charge in [-0.15, -0.1) is 12.4 Å². The fraction of sp³-hybridized carbons (Fsp3) is 0.333. The molecule has 6 heteroatoms. The molecule has 0 aliphatic heterocycles. The first-order valence-electron chi connectivity index (χ1n) is 4.02. The average molecular weight is 258 g/mol. The van der Waals surface area contributed by atoms with Gasteiger partial charge >= 0.3 is 0 Å². The highest BCUT2D eigenvalue weighted by molar-refractivity contribution is 6.30. The summed E-state index contributed by atoms with van der Waals surface area (Å²) in [4.78, 5) is 0. The van der Waals surface area contributed by atoms with Gasteiger partial charge in [0.05, 0.1) is 17.2 Å². The number of aliphatic hydroxyl groups excluding tert-OH is 1. The van der Waals surface area contributed by atoms with E-state index in [-0.39, 0.29) is 23.0 Å². The Hall–Kier alpha value is -0.420. The maximum atomic E-state index is 13.3. The molecule has 0 unspecified atom stereocenters. The summed E-state index contributed by atoms with van der Waals surface area (Å²) in [7, 11) is 0. The third kappa shape index (κ3) is 3.01. The van der Waals surface area contributed by atoms with Gasteiger partial charge in [0, 0.05) is 5.56 Å². The van der Waals surface area contributed by atoms with Gasteiger partial charge in [-0.3, -0.25) is 0 Å². The van der Waals surface area contributed by atoms with E-state index in [1.165, 1.54) is 6.92 Å². The molecule has 0 bridgehead atoms. The first-order valence-corrected chi connectivity index (χ1v) is 4.40. The molecule has 0 heterocycles. The Labute approximate surface area is 97.4 Å². The van der Waals surface area contributed by atoms with Crippen molar-refractivity contribution < 1.29 is 13.9 Å². The van der Waals surface area contributed by atoms with Crippen LogP contribution in [0.1, 0.15) is 18.5 Å². The molecule has 0 amide bonds. The minimum Gasteiger partial charge on any atom is -0.391 e. The van der Waals surface area contributed by atoms with Crippen molar-refractivity contribution in [3.63, 3.8) is 0 Å². The zero-order valence-corrected chi connectivity index (χ0v) is 9.45. The Morgan fingerprint density at radius 1 is 1.40 bits per heavy atom. The third-order valence-corrected chi connectivity index (χ3v) is 2.22. The number of nitrogens with two attached hydrogens (primary N) is 1. The van der Waals surface area contributed by atoms with Crippen LogP contribution in [0.15, 0.2) is 12.1 Å². The van der Waals surface area contributed by atoms with Crippen molar-refractivity contribution in [1.29, 1.82) is 0 Å². The Morgan fingerprint density at radius 2 is 1.93 bits per heavy atom. The molecule has 0 saturated heterocycles. The van der Waals surface area contributed by atoms with Crippen LogP contribution in [0, 0.1) is 11.6 Å². The molecule has 0 spiro atoms. The van der Waals surface area contributed by atoms with E-state index in [1.54, 1.807) is 0 Å². The lowest BCUT2D eigenvalue weighted by molar-refractivity contribution is 0.160. The molecule has 2 atom stereocenters. The third-order valence-electron chi connectivity index (χ3n) is 1.93. The van der Waals surface area contributed by atoms with Gasteiger partial charge in [0.1, 0.15) is 11.6 Å². The van der Waals surface area contributed by atoms with E-state index in [4.69, 9.17) is 22.4 Å². The molecule has 15 heavy (non-hydrogen) atoms. The maximum absolute atomic E-state index is 13.3. The van der Waals surface area contributed by atoms with Crippen LogP contribution in [0.4, 0.5) is 8.78 Å². The summed E-state index contributed by atoms with van der Waals surface area (Å²) in [6, 6.07) is 1.00. The van der Waals surface area contributed by atoms with E-state index in [2.05, 4.69) is 0 Å². The van der Waals surface area contributed by atoms with Crippen LogP contribution in [0.5, 0.6) is 0 Å². The molecular formula is C9H11Cl2F2NO. The fourth-order valence-corrected chi connectivity index (χ4v) is 1.25. The smallest absolute Gasteiger partial charge is 0.149 e. The minimum absolute atomic E-state index is 0. The Morgan fingerprint density at radius 3 is 2.40 bits per heavy atom. The summed E-state index contributed by atoms with van der Waals surface area (Å²) in [6.07, 6.45) is -1.04. The topological polar surface area (TPSA) is 46.2 Å². The fourth-order valence-electron chi connectivity index (χ4n) is 1.09. The maximum Gasteiger partial charge on any atom is 0.149 e. The largest absolute Gasteiger partial charge is 0.391 e. The average Bonchev–Trinajstić information content (AvgIpc) is 2.12. The second kappa shape index (κ2) is 5.61. The summed E-state index contributed by atoms with van der Waals surface area (Å²) < 4.78 is 26.5. The number of rotatable bonds is 2. The quantitative estimate of drug-likeness (QED) is 0.800. The number of benzene rings is 1. The molecule has 1 aromatic rings. The molecule has 0 aliphatic rings. The predicted octanol–water partition coefficient (Wildman–Crippen LogP) is 2.42. The first-order chi connectivity index (χ1) is 6.45. The van der Waals surface area contributed by atoms with Gasteiger partial charge in [0.15, 0.2) is 0 Å². The summed E-state index contributed by atoms with van der Waals surface area (Å²) >= 11 is 5.46. The SMILES string of the molecule is C[C@@H](O)[C@@H](N)c1c(F)ccc(Cl)c1F.Cl. The molecule has 1 rings (SSSR count). The van der Waals surface area contributed by atoms with Crippen LogP contribution in [0.3, 0.4) is 0 Å². The van der Waals surface area contributed by atoms with E-state index in [9.17, 15) is 8.78 Å². The molecule has 86 valence electrons. The van der Waals surface area contributed by atoms with Gasteiger partial charge in [-0.25, -0.2) is 8.78 Å². The first kappa shape index (κ1) is 14.6. The van der Waals surface area contributed by atoms with Crippen molar-refractivity contribution in [2.75, 3.05) is 0 Å². The number of hydrogen-bond donors (Lipinski definition) is 2. The Kier molecular flexibility index (Phi) is 5.45. The second-order valence-corrected chi connectivity index (χ2v) is 3.43. The molecule has 0 aliphatic carbocycles. The van der Waals surface area contributed by atoms with Crippen molar-refractivity contribution in [2.45, 2.75) is 19.1 Å². The zero-order chi connectivity index (χ0) is 10.9. The molecule has 0 aromatic heterocycles. The summed E-state index contributed by atoms with van der Waals surface area (Å²) in [5, 5.41) is 8.90. The summed E-state index contributed by atoms with van der Waals surface area (Å²) in [5.74, 6) is -1.72. The van der Waals surface area contributed by atoms with Crippen molar-refractivity contribution in [3.05, 3.63) is 34.4 Å². The monoisotopic (exact) mass is 257 g/mol. The summed E-state index contributed by atoms with van der Waals surface area (Å²) in [6.45, 7) is 1.35. The lowest BCUT2D eigenvalue weighted by Crippen LogP contribution is -2.25. The van der Waals surface area contributed by atoms with Crippen LogP contribution in [-0.2, 0) is 0 Å². The van der Waals surface area contributed by atoms with Crippen LogP contribution in [0.25, 0.3) is 0 Å².